The minimum atomic E-state index is -0.0561. The molecule has 0 bridgehead atoms. The molecule has 6 heteroatoms. The van der Waals surface area contributed by atoms with Gasteiger partial charge in [0, 0.05) is 32.7 Å². The summed E-state index contributed by atoms with van der Waals surface area (Å²) in [5.41, 5.74) is 0. The molecule has 1 atom stereocenters. The van der Waals surface area contributed by atoms with Gasteiger partial charge in [-0.25, -0.2) is 4.79 Å². The lowest BCUT2D eigenvalue weighted by atomic mass is 10.0. The maximum Gasteiger partial charge on any atom is 0.320 e. The van der Waals surface area contributed by atoms with E-state index in [9.17, 15) is 9.59 Å². The van der Waals surface area contributed by atoms with Gasteiger partial charge in [-0.15, -0.1) is 0 Å². The monoisotopic (exact) mass is 268 g/mol. The Hall–Kier alpha value is -1.30. The molecule has 0 aromatic rings. The average molecular weight is 268 g/mol. The number of likely N-dealkylation sites (N-methyl/N-ethyl adjacent to an activating group) is 1. The molecule has 6 nitrogen and oxygen atoms in total. The van der Waals surface area contributed by atoms with E-state index in [1.807, 2.05) is 0 Å². The predicted octanol–water partition coefficient (Wildman–Crippen LogP) is 0.00220. The number of carbonyl (C=O) groups excluding carboxylic acids is 2. The third-order valence-electron chi connectivity index (χ3n) is 3.86. The highest BCUT2D eigenvalue weighted by atomic mass is 16.2. The van der Waals surface area contributed by atoms with Crippen LogP contribution < -0.4 is 10.6 Å². The summed E-state index contributed by atoms with van der Waals surface area (Å²) in [6, 6.07) is 0.484. The van der Waals surface area contributed by atoms with Crippen molar-refractivity contribution in [2.45, 2.75) is 31.7 Å². The Labute approximate surface area is 114 Å². The van der Waals surface area contributed by atoms with Gasteiger partial charge in [-0.1, -0.05) is 6.42 Å². The third-order valence-corrected chi connectivity index (χ3v) is 3.86. The van der Waals surface area contributed by atoms with Gasteiger partial charge in [0.2, 0.25) is 5.91 Å². The van der Waals surface area contributed by atoms with E-state index in [0.29, 0.717) is 25.7 Å². The number of nitrogens with zero attached hydrogens (tertiary/aromatic N) is 2. The summed E-state index contributed by atoms with van der Waals surface area (Å²) < 4.78 is 0. The molecule has 2 fully saturated rings. The van der Waals surface area contributed by atoms with Gasteiger partial charge in [0.15, 0.2) is 0 Å². The van der Waals surface area contributed by atoms with Crippen molar-refractivity contribution >= 4 is 11.9 Å². The molecule has 2 rings (SSSR count). The number of nitrogens with one attached hydrogen (secondary N) is 2. The van der Waals surface area contributed by atoms with Crippen molar-refractivity contribution < 1.29 is 9.59 Å². The van der Waals surface area contributed by atoms with Crippen molar-refractivity contribution in [1.82, 2.24) is 20.4 Å². The number of hydrogen-bond acceptors (Lipinski definition) is 3. The van der Waals surface area contributed by atoms with Crippen molar-refractivity contribution in [2.24, 2.45) is 0 Å². The zero-order chi connectivity index (χ0) is 13.7. The fraction of sp³-hybridized carbons (Fsp3) is 0.846. The Morgan fingerprint density at radius 3 is 2.89 bits per heavy atom. The van der Waals surface area contributed by atoms with Gasteiger partial charge in [-0.3, -0.25) is 4.79 Å². The summed E-state index contributed by atoms with van der Waals surface area (Å²) in [7, 11) is 1.76. The molecule has 0 aromatic heterocycles. The number of carbonyl (C=O) groups is 2. The van der Waals surface area contributed by atoms with Crippen LogP contribution in [0.4, 0.5) is 4.79 Å². The lowest BCUT2D eigenvalue weighted by Gasteiger charge is -2.23. The second-order valence-corrected chi connectivity index (χ2v) is 5.41. The first-order valence-corrected chi connectivity index (χ1v) is 7.17. The molecule has 2 heterocycles. The van der Waals surface area contributed by atoms with Crippen LogP contribution in [-0.4, -0.2) is 67.6 Å². The fourth-order valence-electron chi connectivity index (χ4n) is 2.64. The molecular weight excluding hydrogens is 244 g/mol. The highest BCUT2D eigenvalue weighted by Gasteiger charge is 2.26. The Morgan fingerprint density at radius 2 is 2.26 bits per heavy atom. The molecule has 0 spiro atoms. The SMILES string of the molecule is CN1CCN(CC(=O)NCC[C@@H]2CCCCN2)C1=O. The van der Waals surface area contributed by atoms with Crippen LogP contribution in [0.1, 0.15) is 25.7 Å². The number of amides is 3. The van der Waals surface area contributed by atoms with E-state index in [1.165, 1.54) is 19.3 Å². The number of piperidine rings is 1. The molecule has 2 aliphatic heterocycles. The van der Waals surface area contributed by atoms with Gasteiger partial charge in [-0.05, 0) is 25.8 Å². The van der Waals surface area contributed by atoms with Crippen molar-refractivity contribution in [2.75, 3.05) is 39.8 Å². The molecule has 2 N–H and O–H groups in total. The molecule has 2 aliphatic rings. The van der Waals surface area contributed by atoms with E-state index in [4.69, 9.17) is 0 Å². The van der Waals surface area contributed by atoms with E-state index >= 15 is 0 Å². The number of hydrogen-bond donors (Lipinski definition) is 2. The van der Waals surface area contributed by atoms with Gasteiger partial charge < -0.3 is 20.4 Å². The first kappa shape index (κ1) is 14.1. The van der Waals surface area contributed by atoms with Crippen LogP contribution in [0.25, 0.3) is 0 Å². The van der Waals surface area contributed by atoms with Gasteiger partial charge >= 0.3 is 6.03 Å². The highest BCUT2D eigenvalue weighted by molar-refractivity contribution is 5.84. The zero-order valence-electron chi connectivity index (χ0n) is 11.7. The topological polar surface area (TPSA) is 64.7 Å². The quantitative estimate of drug-likeness (QED) is 0.738. The van der Waals surface area contributed by atoms with Gasteiger partial charge in [0.1, 0.15) is 6.54 Å². The standard InChI is InChI=1S/C13H24N4O2/c1-16-8-9-17(13(16)19)10-12(18)15-7-5-11-4-2-3-6-14-11/h11,14H,2-10H2,1H3,(H,15,18)/t11-/m0/s1. The predicted molar refractivity (Wildman–Crippen MR) is 72.9 cm³/mol. The maximum atomic E-state index is 11.7. The van der Waals surface area contributed by atoms with E-state index in [-0.39, 0.29) is 18.5 Å². The third kappa shape index (κ3) is 4.09. The number of urea groups is 1. The second-order valence-electron chi connectivity index (χ2n) is 5.41. The zero-order valence-corrected chi connectivity index (χ0v) is 11.7. The first-order valence-electron chi connectivity index (χ1n) is 7.17. The molecule has 108 valence electrons. The normalized spacial score (nSPS) is 23.8. The lowest BCUT2D eigenvalue weighted by Crippen LogP contribution is -2.41. The molecule has 0 aliphatic carbocycles. The van der Waals surface area contributed by atoms with E-state index < -0.39 is 0 Å². The second kappa shape index (κ2) is 6.75. The van der Waals surface area contributed by atoms with Gasteiger partial charge in [-0.2, -0.15) is 0 Å². The Morgan fingerprint density at radius 1 is 1.42 bits per heavy atom. The van der Waals surface area contributed by atoms with E-state index in [0.717, 1.165) is 13.0 Å². The van der Waals surface area contributed by atoms with Crippen molar-refractivity contribution in [3.8, 4) is 0 Å². The molecule has 0 unspecified atom stereocenters. The van der Waals surface area contributed by atoms with Gasteiger partial charge in [0.25, 0.3) is 0 Å². The summed E-state index contributed by atoms with van der Waals surface area (Å²) in [6.07, 6.45) is 4.71. The van der Waals surface area contributed by atoms with Gasteiger partial charge in [0.05, 0.1) is 0 Å². The molecule has 3 amide bonds. The van der Waals surface area contributed by atoms with Crippen molar-refractivity contribution in [1.29, 1.82) is 0 Å². The molecule has 0 radical (unpaired) electrons. The van der Waals surface area contributed by atoms with Crippen LogP contribution in [0.3, 0.4) is 0 Å². The summed E-state index contributed by atoms with van der Waals surface area (Å²) in [5.74, 6) is -0.0561. The minimum absolute atomic E-state index is 0.0518. The largest absolute Gasteiger partial charge is 0.355 e. The molecule has 19 heavy (non-hydrogen) atoms. The Kier molecular flexibility index (Phi) is 5.01. The number of rotatable bonds is 5. The summed E-state index contributed by atoms with van der Waals surface area (Å²) >= 11 is 0. The van der Waals surface area contributed by atoms with Crippen LogP contribution in [0.15, 0.2) is 0 Å². The Balaban J connectivity index is 1.60. The summed E-state index contributed by atoms with van der Waals surface area (Å²) in [5, 5.41) is 6.36. The maximum absolute atomic E-state index is 11.7. The fourth-order valence-corrected chi connectivity index (χ4v) is 2.64. The lowest BCUT2D eigenvalue weighted by molar-refractivity contribution is -0.121. The van der Waals surface area contributed by atoms with Crippen LogP contribution in [-0.2, 0) is 4.79 Å². The van der Waals surface area contributed by atoms with Crippen molar-refractivity contribution in [3.05, 3.63) is 0 Å². The van der Waals surface area contributed by atoms with Crippen molar-refractivity contribution in [3.63, 3.8) is 0 Å². The minimum Gasteiger partial charge on any atom is -0.355 e. The smallest absolute Gasteiger partial charge is 0.320 e. The molecular formula is C13H24N4O2. The molecule has 0 saturated carbocycles. The first-order chi connectivity index (χ1) is 9.16. The summed E-state index contributed by atoms with van der Waals surface area (Å²) in [6.45, 7) is 3.31. The summed E-state index contributed by atoms with van der Waals surface area (Å²) in [4.78, 5) is 26.6. The van der Waals surface area contributed by atoms with E-state index in [2.05, 4.69) is 10.6 Å². The van der Waals surface area contributed by atoms with Crippen LogP contribution in [0.5, 0.6) is 0 Å². The molecule has 0 aromatic carbocycles. The van der Waals surface area contributed by atoms with Crippen LogP contribution in [0.2, 0.25) is 0 Å². The van der Waals surface area contributed by atoms with Crippen LogP contribution >= 0.6 is 0 Å². The van der Waals surface area contributed by atoms with Crippen LogP contribution in [0, 0.1) is 0 Å². The highest BCUT2D eigenvalue weighted by Crippen LogP contribution is 2.09. The molecule has 2 saturated heterocycles. The average Bonchev–Trinajstić information content (AvgIpc) is 2.72. The van der Waals surface area contributed by atoms with E-state index in [1.54, 1.807) is 16.8 Å². The Bertz CT molecular complexity index is 329.